The summed E-state index contributed by atoms with van der Waals surface area (Å²) in [6.07, 6.45) is 0.544. The lowest BCUT2D eigenvalue weighted by molar-refractivity contribution is -0.389. The number of benzene rings is 1. The van der Waals surface area contributed by atoms with E-state index in [-0.39, 0.29) is 11.7 Å². The number of hydrogen-bond acceptors (Lipinski definition) is 5. The molecule has 1 aromatic carbocycles. The number of carbonyl (C=O) groups is 1. The maximum absolute atomic E-state index is 13.0. The molecular weight excluding hydrogens is 358 g/mol. The van der Waals surface area contributed by atoms with Crippen LogP contribution in [0.5, 0.6) is 0 Å². The molecule has 150 valence electrons. The standard InChI is InChI=1S/C20H27N5O3/c1-4-18(24-16(3)13-19(21-24)25(27)28)20(26)23-10-8-22(9-11-23)14-17-7-5-6-15(2)12-17/h5-7,12-13,18H,4,8-11,14H2,1-3H3. The van der Waals surface area contributed by atoms with Gasteiger partial charge in [-0.2, -0.15) is 4.68 Å². The second-order valence-electron chi connectivity index (χ2n) is 7.36. The zero-order chi connectivity index (χ0) is 20.3. The molecule has 1 aromatic heterocycles. The Labute approximate surface area is 164 Å². The van der Waals surface area contributed by atoms with Crippen LogP contribution in [0.1, 0.15) is 36.2 Å². The normalized spacial score (nSPS) is 16.2. The monoisotopic (exact) mass is 385 g/mol. The van der Waals surface area contributed by atoms with Crippen molar-refractivity contribution in [2.24, 2.45) is 0 Å². The van der Waals surface area contributed by atoms with Gasteiger partial charge in [0.05, 0.1) is 16.9 Å². The maximum Gasteiger partial charge on any atom is 0.390 e. The Kier molecular flexibility index (Phi) is 6.08. The topological polar surface area (TPSA) is 84.5 Å². The van der Waals surface area contributed by atoms with Crippen LogP contribution in [0.2, 0.25) is 0 Å². The predicted molar refractivity (Wildman–Crippen MR) is 106 cm³/mol. The van der Waals surface area contributed by atoms with Crippen molar-refractivity contribution < 1.29 is 9.72 Å². The first-order valence-corrected chi connectivity index (χ1v) is 9.66. The average Bonchev–Trinajstić information content (AvgIpc) is 3.05. The van der Waals surface area contributed by atoms with Gasteiger partial charge in [0.1, 0.15) is 0 Å². The third kappa shape index (κ3) is 4.39. The van der Waals surface area contributed by atoms with E-state index in [2.05, 4.69) is 41.2 Å². The molecule has 2 aromatic rings. The van der Waals surface area contributed by atoms with Crippen LogP contribution in [-0.4, -0.2) is 56.6 Å². The number of carbonyl (C=O) groups excluding carboxylic acids is 1. The van der Waals surface area contributed by atoms with Crippen LogP contribution < -0.4 is 0 Å². The summed E-state index contributed by atoms with van der Waals surface area (Å²) in [5, 5.41) is 15.0. The first kappa shape index (κ1) is 20.0. The molecule has 1 fully saturated rings. The van der Waals surface area contributed by atoms with E-state index in [1.807, 2.05) is 11.8 Å². The summed E-state index contributed by atoms with van der Waals surface area (Å²) in [4.78, 5) is 27.7. The van der Waals surface area contributed by atoms with Gasteiger partial charge < -0.3 is 15.0 Å². The maximum atomic E-state index is 13.0. The minimum atomic E-state index is -0.523. The highest BCUT2D eigenvalue weighted by molar-refractivity contribution is 5.80. The first-order chi connectivity index (χ1) is 13.4. The van der Waals surface area contributed by atoms with E-state index >= 15 is 0 Å². The van der Waals surface area contributed by atoms with E-state index < -0.39 is 11.0 Å². The number of nitrogens with zero attached hydrogens (tertiary/aromatic N) is 5. The number of piperazine rings is 1. The summed E-state index contributed by atoms with van der Waals surface area (Å²) >= 11 is 0. The van der Waals surface area contributed by atoms with Crippen molar-refractivity contribution in [1.82, 2.24) is 19.6 Å². The molecular formula is C20H27N5O3. The van der Waals surface area contributed by atoms with Crippen molar-refractivity contribution in [2.75, 3.05) is 26.2 Å². The quantitative estimate of drug-likeness (QED) is 0.564. The number of amides is 1. The summed E-state index contributed by atoms with van der Waals surface area (Å²) in [7, 11) is 0. The highest BCUT2D eigenvalue weighted by atomic mass is 16.6. The Hall–Kier alpha value is -2.74. The average molecular weight is 385 g/mol. The molecule has 1 aliphatic rings. The lowest BCUT2D eigenvalue weighted by Gasteiger charge is -2.36. The fourth-order valence-electron chi connectivity index (χ4n) is 3.73. The molecule has 1 amide bonds. The molecule has 1 aliphatic heterocycles. The fraction of sp³-hybridized carbons (Fsp3) is 0.500. The Morgan fingerprint density at radius 1 is 1.21 bits per heavy atom. The molecule has 28 heavy (non-hydrogen) atoms. The second-order valence-corrected chi connectivity index (χ2v) is 7.36. The highest BCUT2D eigenvalue weighted by Crippen LogP contribution is 2.22. The van der Waals surface area contributed by atoms with Crippen LogP contribution in [0, 0.1) is 24.0 Å². The van der Waals surface area contributed by atoms with E-state index in [0.717, 1.165) is 19.6 Å². The zero-order valence-corrected chi connectivity index (χ0v) is 16.7. The van der Waals surface area contributed by atoms with Gasteiger partial charge in [0.2, 0.25) is 5.91 Å². The minimum Gasteiger partial charge on any atom is -0.358 e. The van der Waals surface area contributed by atoms with Gasteiger partial charge in [0.25, 0.3) is 0 Å². The minimum absolute atomic E-state index is 0.0150. The Morgan fingerprint density at radius 2 is 1.93 bits per heavy atom. The van der Waals surface area contributed by atoms with E-state index in [4.69, 9.17) is 0 Å². The van der Waals surface area contributed by atoms with Crippen LogP contribution in [0.15, 0.2) is 30.3 Å². The summed E-state index contributed by atoms with van der Waals surface area (Å²) in [5.41, 5.74) is 3.16. The first-order valence-electron chi connectivity index (χ1n) is 9.66. The smallest absolute Gasteiger partial charge is 0.358 e. The fourth-order valence-corrected chi connectivity index (χ4v) is 3.73. The molecule has 0 aliphatic carbocycles. The van der Waals surface area contributed by atoms with Crippen LogP contribution in [0.4, 0.5) is 5.82 Å². The Balaban J connectivity index is 1.62. The van der Waals surface area contributed by atoms with Gasteiger partial charge in [0, 0.05) is 32.7 Å². The third-order valence-corrected chi connectivity index (χ3v) is 5.24. The van der Waals surface area contributed by atoms with Crippen molar-refractivity contribution in [3.05, 3.63) is 57.3 Å². The van der Waals surface area contributed by atoms with Crippen LogP contribution in [-0.2, 0) is 11.3 Å². The second kappa shape index (κ2) is 8.52. The van der Waals surface area contributed by atoms with Crippen molar-refractivity contribution in [2.45, 2.75) is 39.8 Å². The van der Waals surface area contributed by atoms with Crippen molar-refractivity contribution in [3.8, 4) is 0 Å². The van der Waals surface area contributed by atoms with Gasteiger partial charge >= 0.3 is 5.82 Å². The van der Waals surface area contributed by atoms with Gasteiger partial charge in [-0.15, -0.1) is 0 Å². The molecule has 1 atom stereocenters. The molecule has 0 saturated carbocycles. The van der Waals surface area contributed by atoms with E-state index in [9.17, 15) is 14.9 Å². The number of aryl methyl sites for hydroxylation is 2. The van der Waals surface area contributed by atoms with E-state index in [1.165, 1.54) is 21.9 Å². The van der Waals surface area contributed by atoms with Gasteiger partial charge in [0.15, 0.2) is 6.04 Å². The van der Waals surface area contributed by atoms with Crippen LogP contribution in [0.3, 0.4) is 0 Å². The van der Waals surface area contributed by atoms with Crippen molar-refractivity contribution in [1.29, 1.82) is 0 Å². The number of aromatic nitrogens is 2. The number of rotatable bonds is 6. The molecule has 0 spiro atoms. The van der Waals surface area contributed by atoms with Crippen LogP contribution in [0.25, 0.3) is 0 Å². The Bertz CT molecular complexity index is 855. The molecule has 8 heteroatoms. The van der Waals surface area contributed by atoms with Crippen molar-refractivity contribution >= 4 is 11.7 Å². The Morgan fingerprint density at radius 3 is 2.50 bits per heavy atom. The number of hydrogen-bond donors (Lipinski definition) is 0. The van der Waals surface area contributed by atoms with Gasteiger partial charge in [-0.1, -0.05) is 36.8 Å². The number of nitro groups is 1. The lowest BCUT2D eigenvalue weighted by atomic mass is 10.1. The van der Waals surface area contributed by atoms with E-state index in [0.29, 0.717) is 25.2 Å². The van der Waals surface area contributed by atoms with Gasteiger partial charge in [-0.25, -0.2) is 0 Å². The molecule has 3 rings (SSSR count). The zero-order valence-electron chi connectivity index (χ0n) is 16.7. The third-order valence-electron chi connectivity index (χ3n) is 5.24. The van der Waals surface area contributed by atoms with Crippen LogP contribution >= 0.6 is 0 Å². The molecule has 1 unspecified atom stereocenters. The lowest BCUT2D eigenvalue weighted by Crippen LogP contribution is -2.50. The molecule has 2 heterocycles. The molecule has 0 N–H and O–H groups in total. The SMILES string of the molecule is CCC(C(=O)N1CCN(Cc2cccc(C)c2)CC1)n1nc([N+](=O)[O-])cc1C. The molecule has 0 bridgehead atoms. The summed E-state index contributed by atoms with van der Waals surface area (Å²) in [5.74, 6) is -0.231. The molecule has 8 nitrogen and oxygen atoms in total. The van der Waals surface area contributed by atoms with Gasteiger partial charge in [-0.05, 0) is 30.8 Å². The largest absolute Gasteiger partial charge is 0.390 e. The summed E-state index contributed by atoms with van der Waals surface area (Å²) in [6, 6.07) is 9.39. The highest BCUT2D eigenvalue weighted by Gasteiger charge is 2.32. The van der Waals surface area contributed by atoms with Gasteiger partial charge in [-0.3, -0.25) is 9.69 Å². The molecule has 1 saturated heterocycles. The molecule has 0 radical (unpaired) electrons. The summed E-state index contributed by atoms with van der Waals surface area (Å²) in [6.45, 7) is 9.56. The summed E-state index contributed by atoms with van der Waals surface area (Å²) < 4.78 is 1.50. The predicted octanol–water partition coefficient (Wildman–Crippen LogP) is 2.70. The van der Waals surface area contributed by atoms with E-state index in [1.54, 1.807) is 6.92 Å². The van der Waals surface area contributed by atoms with Crippen molar-refractivity contribution in [3.63, 3.8) is 0 Å².